The van der Waals surface area contributed by atoms with Crippen LogP contribution in [-0.2, 0) is 11.3 Å². The maximum absolute atomic E-state index is 11.3. The maximum Gasteiger partial charge on any atom is 0.265 e. The molecule has 4 N–H and O–H groups in total. The number of amides is 1. The minimum atomic E-state index is -0.264. The third-order valence-electron chi connectivity index (χ3n) is 3.61. The summed E-state index contributed by atoms with van der Waals surface area (Å²) in [6.07, 6.45) is 1.13. The molecule has 0 atom stereocenters. The number of ether oxygens (including phenoxy) is 1. The van der Waals surface area contributed by atoms with Gasteiger partial charge in [-0.15, -0.1) is 0 Å². The Hall–Kier alpha value is -1.47. The molecule has 0 bridgehead atoms. The second-order valence-corrected chi connectivity index (χ2v) is 5.15. The van der Waals surface area contributed by atoms with Gasteiger partial charge in [0.1, 0.15) is 0 Å². The Morgan fingerprint density at radius 2 is 1.95 bits per heavy atom. The molecule has 0 unspecified atom stereocenters. The molecule has 1 aromatic carbocycles. The summed E-state index contributed by atoms with van der Waals surface area (Å²) in [6.45, 7) is 6.73. The van der Waals surface area contributed by atoms with Crippen molar-refractivity contribution in [2.24, 2.45) is 5.84 Å². The number of benzene rings is 1. The number of rotatable bonds is 7. The summed E-state index contributed by atoms with van der Waals surface area (Å²) < 4.78 is 5.33. The first kappa shape index (κ1) is 15.9. The first-order valence-electron chi connectivity index (χ1n) is 7.40. The van der Waals surface area contributed by atoms with Crippen LogP contribution in [0.25, 0.3) is 0 Å². The SMILES string of the molecule is NNC(=O)c1ccc(CNCCCN2CCOCC2)cc1. The van der Waals surface area contributed by atoms with Gasteiger partial charge in [0.15, 0.2) is 0 Å². The van der Waals surface area contributed by atoms with E-state index in [1.54, 1.807) is 12.1 Å². The molecule has 6 nitrogen and oxygen atoms in total. The van der Waals surface area contributed by atoms with Gasteiger partial charge in [-0.1, -0.05) is 12.1 Å². The lowest BCUT2D eigenvalue weighted by molar-refractivity contribution is 0.0374. The summed E-state index contributed by atoms with van der Waals surface area (Å²) in [7, 11) is 0. The molecule has 1 amide bonds. The summed E-state index contributed by atoms with van der Waals surface area (Å²) in [5.74, 6) is 4.83. The average molecular weight is 292 g/mol. The Morgan fingerprint density at radius 3 is 2.62 bits per heavy atom. The van der Waals surface area contributed by atoms with Gasteiger partial charge in [-0.05, 0) is 37.2 Å². The van der Waals surface area contributed by atoms with Crippen LogP contribution in [0.4, 0.5) is 0 Å². The molecule has 1 saturated heterocycles. The third kappa shape index (κ3) is 5.43. The number of nitrogens with two attached hydrogens (primary N) is 1. The monoisotopic (exact) mass is 292 g/mol. The van der Waals surface area contributed by atoms with Gasteiger partial charge in [-0.2, -0.15) is 0 Å². The van der Waals surface area contributed by atoms with Gasteiger partial charge in [0, 0.05) is 25.2 Å². The number of nitrogens with zero attached hydrogens (tertiary/aromatic N) is 1. The Bertz CT molecular complexity index is 430. The zero-order valence-electron chi connectivity index (χ0n) is 12.3. The second kappa shape index (κ2) is 8.74. The minimum Gasteiger partial charge on any atom is -0.379 e. The molecular formula is C15H24N4O2. The predicted molar refractivity (Wildman–Crippen MR) is 81.7 cm³/mol. The predicted octanol–water partition coefficient (Wildman–Crippen LogP) is 0.102. The van der Waals surface area contributed by atoms with E-state index in [0.717, 1.165) is 57.9 Å². The van der Waals surface area contributed by atoms with E-state index in [1.165, 1.54) is 0 Å². The fourth-order valence-electron chi connectivity index (χ4n) is 2.34. The molecule has 0 saturated carbocycles. The Morgan fingerprint density at radius 1 is 1.24 bits per heavy atom. The topological polar surface area (TPSA) is 79.6 Å². The first-order chi connectivity index (χ1) is 10.3. The van der Waals surface area contributed by atoms with Crippen molar-refractivity contribution in [1.82, 2.24) is 15.6 Å². The van der Waals surface area contributed by atoms with Crippen molar-refractivity contribution in [2.45, 2.75) is 13.0 Å². The fraction of sp³-hybridized carbons (Fsp3) is 0.533. The summed E-state index contributed by atoms with van der Waals surface area (Å²) in [6, 6.07) is 7.46. The first-order valence-corrected chi connectivity index (χ1v) is 7.40. The van der Waals surface area contributed by atoms with Crippen LogP contribution >= 0.6 is 0 Å². The second-order valence-electron chi connectivity index (χ2n) is 5.15. The Kier molecular flexibility index (Phi) is 6.62. The van der Waals surface area contributed by atoms with E-state index < -0.39 is 0 Å². The highest BCUT2D eigenvalue weighted by Gasteiger charge is 2.08. The number of morpholine rings is 1. The standard InChI is InChI=1S/C15H24N4O2/c16-18-15(20)14-4-2-13(3-5-14)12-17-6-1-7-19-8-10-21-11-9-19/h2-5,17H,1,6-12,16H2,(H,18,20). The van der Waals surface area contributed by atoms with Gasteiger partial charge in [0.2, 0.25) is 0 Å². The summed E-state index contributed by atoms with van der Waals surface area (Å²) in [5, 5.41) is 3.42. The van der Waals surface area contributed by atoms with E-state index in [-0.39, 0.29) is 5.91 Å². The van der Waals surface area contributed by atoms with E-state index in [1.807, 2.05) is 12.1 Å². The highest BCUT2D eigenvalue weighted by Crippen LogP contribution is 2.04. The normalized spacial score (nSPS) is 15.9. The van der Waals surface area contributed by atoms with Crippen molar-refractivity contribution in [3.8, 4) is 0 Å². The number of carbonyl (C=O) groups excluding carboxylic acids is 1. The molecule has 1 fully saturated rings. The van der Waals surface area contributed by atoms with Crippen molar-refractivity contribution in [2.75, 3.05) is 39.4 Å². The molecule has 2 rings (SSSR count). The lowest BCUT2D eigenvalue weighted by Crippen LogP contribution is -2.37. The van der Waals surface area contributed by atoms with E-state index in [0.29, 0.717) is 5.56 Å². The summed E-state index contributed by atoms with van der Waals surface area (Å²) >= 11 is 0. The highest BCUT2D eigenvalue weighted by atomic mass is 16.5. The van der Waals surface area contributed by atoms with Gasteiger partial charge in [-0.3, -0.25) is 15.1 Å². The lowest BCUT2D eigenvalue weighted by Gasteiger charge is -2.26. The molecule has 21 heavy (non-hydrogen) atoms. The maximum atomic E-state index is 11.3. The lowest BCUT2D eigenvalue weighted by atomic mass is 10.1. The molecule has 0 spiro atoms. The molecule has 1 aliphatic heterocycles. The van der Waals surface area contributed by atoms with Crippen molar-refractivity contribution in [1.29, 1.82) is 0 Å². The van der Waals surface area contributed by atoms with Crippen molar-refractivity contribution in [3.63, 3.8) is 0 Å². The Labute approximate surface area is 125 Å². The van der Waals surface area contributed by atoms with Crippen molar-refractivity contribution < 1.29 is 9.53 Å². The van der Waals surface area contributed by atoms with Gasteiger partial charge < -0.3 is 10.1 Å². The van der Waals surface area contributed by atoms with Crippen LogP contribution in [-0.4, -0.2) is 50.2 Å². The molecule has 0 aromatic heterocycles. The Balaban J connectivity index is 1.61. The van der Waals surface area contributed by atoms with Gasteiger partial charge >= 0.3 is 0 Å². The van der Waals surface area contributed by atoms with Crippen LogP contribution < -0.4 is 16.6 Å². The number of hydrazine groups is 1. The molecule has 116 valence electrons. The van der Waals surface area contributed by atoms with Gasteiger partial charge in [0.25, 0.3) is 5.91 Å². The molecule has 1 heterocycles. The van der Waals surface area contributed by atoms with Crippen LogP contribution in [0, 0.1) is 0 Å². The van der Waals surface area contributed by atoms with E-state index >= 15 is 0 Å². The average Bonchev–Trinajstić information content (AvgIpc) is 2.55. The van der Waals surface area contributed by atoms with Gasteiger partial charge in [0.05, 0.1) is 13.2 Å². The number of hydrogen-bond donors (Lipinski definition) is 3. The van der Waals surface area contributed by atoms with Crippen molar-refractivity contribution in [3.05, 3.63) is 35.4 Å². The van der Waals surface area contributed by atoms with Crippen LogP contribution in [0.5, 0.6) is 0 Å². The van der Waals surface area contributed by atoms with E-state index in [4.69, 9.17) is 10.6 Å². The van der Waals surface area contributed by atoms with Crippen LogP contribution in [0.1, 0.15) is 22.3 Å². The molecular weight excluding hydrogens is 268 g/mol. The van der Waals surface area contributed by atoms with Crippen LogP contribution in [0.15, 0.2) is 24.3 Å². The largest absolute Gasteiger partial charge is 0.379 e. The quantitative estimate of drug-likeness (QED) is 0.287. The van der Waals surface area contributed by atoms with Crippen LogP contribution in [0.3, 0.4) is 0 Å². The summed E-state index contributed by atoms with van der Waals surface area (Å²) in [5.41, 5.74) is 3.86. The number of nitrogens with one attached hydrogen (secondary N) is 2. The minimum absolute atomic E-state index is 0.264. The number of hydrogen-bond acceptors (Lipinski definition) is 5. The zero-order chi connectivity index (χ0) is 14.9. The number of nitrogen functional groups attached to an aromatic ring is 1. The highest BCUT2D eigenvalue weighted by molar-refractivity contribution is 5.93. The number of carbonyl (C=O) groups is 1. The zero-order valence-corrected chi connectivity index (χ0v) is 12.3. The van der Waals surface area contributed by atoms with E-state index in [2.05, 4.69) is 15.6 Å². The van der Waals surface area contributed by atoms with Gasteiger partial charge in [-0.25, -0.2) is 5.84 Å². The smallest absolute Gasteiger partial charge is 0.265 e. The van der Waals surface area contributed by atoms with E-state index in [9.17, 15) is 4.79 Å². The third-order valence-corrected chi connectivity index (χ3v) is 3.61. The summed E-state index contributed by atoms with van der Waals surface area (Å²) in [4.78, 5) is 13.7. The molecule has 1 aliphatic rings. The molecule has 0 aliphatic carbocycles. The molecule has 1 aromatic rings. The molecule has 6 heteroatoms. The fourth-order valence-corrected chi connectivity index (χ4v) is 2.34. The molecule has 0 radical (unpaired) electrons. The van der Waals surface area contributed by atoms with Crippen LogP contribution in [0.2, 0.25) is 0 Å². The van der Waals surface area contributed by atoms with Crippen molar-refractivity contribution >= 4 is 5.91 Å².